The Balaban J connectivity index is 2.59. The van der Waals surface area contributed by atoms with Gasteiger partial charge in [-0.15, -0.1) is 0 Å². The van der Waals surface area contributed by atoms with Crippen LogP contribution in [-0.4, -0.2) is 10.5 Å². The van der Waals surface area contributed by atoms with Gasteiger partial charge in [-0.2, -0.15) is 0 Å². The fourth-order valence-corrected chi connectivity index (χ4v) is 2.32. The van der Waals surface area contributed by atoms with Crippen molar-refractivity contribution in [1.29, 1.82) is 0 Å². The van der Waals surface area contributed by atoms with Crippen LogP contribution < -0.4 is 16.3 Å². The lowest BCUT2D eigenvalue weighted by atomic mass is 10.1. The predicted molar refractivity (Wildman–Crippen MR) is 65.1 cm³/mol. The van der Waals surface area contributed by atoms with Gasteiger partial charge in [0.2, 0.25) is 5.43 Å². The van der Waals surface area contributed by atoms with Gasteiger partial charge in [0.25, 0.3) is 0 Å². The van der Waals surface area contributed by atoms with Crippen LogP contribution >= 0.6 is 0 Å². The van der Waals surface area contributed by atoms with E-state index in [-0.39, 0.29) is 6.04 Å². The molecule has 1 aromatic heterocycles. The van der Waals surface area contributed by atoms with E-state index in [0.717, 1.165) is 10.8 Å². The molecule has 1 aliphatic carbocycles. The summed E-state index contributed by atoms with van der Waals surface area (Å²) in [6.07, 6.45) is 2.09. The minimum absolute atomic E-state index is 0.287. The maximum Gasteiger partial charge on any atom is 0.200 e. The normalized spacial score (nSPS) is 14.6. The number of rotatable bonds is 2. The largest absolute Gasteiger partial charge is 0.545 e. The van der Waals surface area contributed by atoms with Gasteiger partial charge in [-0.1, -0.05) is 0 Å². The summed E-state index contributed by atoms with van der Waals surface area (Å²) < 4.78 is 42.1. The fraction of sp³-hybridized carbons (Fsp3) is 0.231. The summed E-state index contributed by atoms with van der Waals surface area (Å²) in [7, 11) is 0. The third-order valence-corrected chi connectivity index (χ3v) is 3.49. The number of hydrogen-bond donors (Lipinski definition) is 1. The van der Waals surface area contributed by atoms with Crippen LogP contribution in [0.3, 0.4) is 0 Å². The number of carboxylic acid groups (broad SMARTS) is 1. The van der Waals surface area contributed by atoms with E-state index in [1.54, 1.807) is 0 Å². The molecule has 0 atom stereocenters. The van der Waals surface area contributed by atoms with Crippen LogP contribution in [0.15, 0.2) is 11.0 Å². The molecule has 110 valence electrons. The highest BCUT2D eigenvalue weighted by atomic mass is 19.2. The van der Waals surface area contributed by atoms with Gasteiger partial charge >= 0.3 is 0 Å². The van der Waals surface area contributed by atoms with Gasteiger partial charge in [0.1, 0.15) is 0 Å². The molecule has 0 unspecified atom stereocenters. The molecule has 3 rings (SSSR count). The van der Waals surface area contributed by atoms with Gasteiger partial charge in [-0.05, 0) is 12.8 Å². The minimum Gasteiger partial charge on any atom is -0.545 e. The average molecular weight is 297 g/mol. The van der Waals surface area contributed by atoms with Gasteiger partial charge in [0.05, 0.1) is 28.1 Å². The first kappa shape index (κ1) is 13.5. The lowest BCUT2D eigenvalue weighted by Gasteiger charge is -2.16. The number of nitrogen functional groups attached to an aromatic ring is 1. The standard InChI is InChI=1S/C13H9F3N2O3/c14-7-8(15)10(17)6-11(9(7)16)18(4-1-2-4)3-5(12(6)19)13(20)21/h3-4H,1-2,17H2,(H,20,21)/p-1. The lowest BCUT2D eigenvalue weighted by Crippen LogP contribution is -2.31. The van der Waals surface area contributed by atoms with E-state index in [1.807, 2.05) is 0 Å². The molecule has 1 fully saturated rings. The molecule has 0 bridgehead atoms. The van der Waals surface area contributed by atoms with Gasteiger partial charge < -0.3 is 20.2 Å². The first-order chi connectivity index (χ1) is 9.84. The summed E-state index contributed by atoms with van der Waals surface area (Å²) in [5.41, 5.74) is 1.94. The first-order valence-electron chi connectivity index (χ1n) is 6.06. The summed E-state index contributed by atoms with van der Waals surface area (Å²) in [4.78, 5) is 23.0. The summed E-state index contributed by atoms with van der Waals surface area (Å²) in [5.74, 6) is -6.86. The summed E-state index contributed by atoms with van der Waals surface area (Å²) >= 11 is 0. The van der Waals surface area contributed by atoms with Gasteiger partial charge in [0.15, 0.2) is 17.5 Å². The number of anilines is 1. The van der Waals surface area contributed by atoms with Crippen molar-refractivity contribution in [3.8, 4) is 0 Å². The molecule has 1 heterocycles. The second-order valence-electron chi connectivity index (χ2n) is 4.88. The number of aromatic nitrogens is 1. The Morgan fingerprint density at radius 1 is 1.24 bits per heavy atom. The number of fused-ring (bicyclic) bond motifs is 1. The minimum atomic E-state index is -1.80. The number of halogens is 3. The molecule has 0 spiro atoms. The van der Waals surface area contributed by atoms with E-state index in [1.165, 1.54) is 0 Å². The Morgan fingerprint density at radius 3 is 2.38 bits per heavy atom. The van der Waals surface area contributed by atoms with Gasteiger partial charge in [-0.25, -0.2) is 13.2 Å². The predicted octanol–water partition coefficient (Wildman–Crippen LogP) is 0.699. The smallest absolute Gasteiger partial charge is 0.200 e. The van der Waals surface area contributed by atoms with Crippen LogP contribution in [-0.2, 0) is 0 Å². The molecule has 1 aromatic carbocycles. The monoisotopic (exact) mass is 297 g/mol. The molecule has 1 saturated carbocycles. The first-order valence-corrected chi connectivity index (χ1v) is 6.06. The fourth-order valence-electron chi connectivity index (χ4n) is 2.32. The number of nitrogens with zero attached hydrogens (tertiary/aromatic N) is 1. The maximum absolute atomic E-state index is 14.0. The molecule has 21 heavy (non-hydrogen) atoms. The van der Waals surface area contributed by atoms with Crippen molar-refractivity contribution >= 4 is 22.6 Å². The number of carbonyl (C=O) groups is 1. The number of benzene rings is 1. The Morgan fingerprint density at radius 2 is 1.86 bits per heavy atom. The van der Waals surface area contributed by atoms with Crippen LogP contribution in [0, 0.1) is 17.5 Å². The molecular weight excluding hydrogens is 289 g/mol. The van der Waals surface area contributed by atoms with Crippen molar-refractivity contribution in [2.45, 2.75) is 18.9 Å². The zero-order chi connectivity index (χ0) is 15.5. The second-order valence-corrected chi connectivity index (χ2v) is 4.88. The van der Waals surface area contributed by atoms with Crippen LogP contribution in [0.5, 0.6) is 0 Å². The average Bonchev–Trinajstić information content (AvgIpc) is 3.26. The Bertz CT molecular complexity index is 856. The molecule has 1 aliphatic rings. The van der Waals surface area contributed by atoms with Crippen LogP contribution in [0.25, 0.3) is 10.9 Å². The third-order valence-electron chi connectivity index (χ3n) is 3.49. The Labute approximate surface area is 115 Å². The molecule has 5 nitrogen and oxygen atoms in total. The highest BCUT2D eigenvalue weighted by Gasteiger charge is 2.30. The van der Waals surface area contributed by atoms with Crippen molar-refractivity contribution in [1.82, 2.24) is 4.57 Å². The van der Waals surface area contributed by atoms with Gasteiger partial charge in [0, 0.05) is 12.2 Å². The van der Waals surface area contributed by atoms with E-state index >= 15 is 0 Å². The number of hydrogen-bond acceptors (Lipinski definition) is 4. The molecule has 0 radical (unpaired) electrons. The topological polar surface area (TPSA) is 88.2 Å². The lowest BCUT2D eigenvalue weighted by molar-refractivity contribution is -0.255. The van der Waals surface area contributed by atoms with E-state index in [9.17, 15) is 27.9 Å². The number of pyridine rings is 1. The zero-order valence-electron chi connectivity index (χ0n) is 10.5. The summed E-state index contributed by atoms with van der Waals surface area (Å²) in [6.45, 7) is 0. The quantitative estimate of drug-likeness (QED) is 0.653. The summed E-state index contributed by atoms with van der Waals surface area (Å²) in [6, 6.07) is -0.287. The molecule has 2 aromatic rings. The van der Waals surface area contributed by atoms with E-state index < -0.39 is 51.0 Å². The number of aromatic carboxylic acids is 1. The molecule has 0 amide bonds. The van der Waals surface area contributed by atoms with Crippen molar-refractivity contribution in [2.24, 2.45) is 0 Å². The van der Waals surface area contributed by atoms with E-state index in [4.69, 9.17) is 5.73 Å². The van der Waals surface area contributed by atoms with Crippen molar-refractivity contribution in [3.05, 3.63) is 39.4 Å². The Hall–Kier alpha value is -2.51. The Kier molecular flexibility index (Phi) is 2.72. The molecular formula is C13H8F3N2O3-. The molecule has 2 N–H and O–H groups in total. The number of carbonyl (C=O) groups excluding carboxylic acids is 1. The maximum atomic E-state index is 14.0. The number of nitrogens with two attached hydrogens (primary N) is 1. The van der Waals surface area contributed by atoms with Crippen molar-refractivity contribution in [2.75, 3.05) is 5.73 Å². The van der Waals surface area contributed by atoms with E-state index in [2.05, 4.69) is 0 Å². The van der Waals surface area contributed by atoms with Crippen LogP contribution in [0.2, 0.25) is 0 Å². The van der Waals surface area contributed by atoms with Crippen molar-refractivity contribution in [3.63, 3.8) is 0 Å². The summed E-state index contributed by atoms with van der Waals surface area (Å²) in [5, 5.41) is 10.3. The van der Waals surface area contributed by atoms with E-state index in [0.29, 0.717) is 12.8 Å². The van der Waals surface area contributed by atoms with Crippen LogP contribution in [0.1, 0.15) is 29.2 Å². The SMILES string of the molecule is Nc1c(F)c(F)c(F)c2c1c(=O)c(C(=O)[O-])cn2C1CC1. The zero-order valence-corrected chi connectivity index (χ0v) is 10.5. The van der Waals surface area contributed by atoms with Crippen molar-refractivity contribution < 1.29 is 23.1 Å². The second kappa shape index (κ2) is 4.24. The number of carboxylic acids is 1. The molecule has 0 aliphatic heterocycles. The molecule has 0 saturated heterocycles. The third kappa shape index (κ3) is 1.78. The molecule has 8 heteroatoms. The highest BCUT2D eigenvalue weighted by molar-refractivity contribution is 5.97. The van der Waals surface area contributed by atoms with Gasteiger partial charge in [-0.3, -0.25) is 4.79 Å². The van der Waals surface area contributed by atoms with Crippen LogP contribution in [0.4, 0.5) is 18.9 Å². The highest BCUT2D eigenvalue weighted by Crippen LogP contribution is 2.39.